The monoisotopic (exact) mass is 302 g/mol. The minimum Gasteiger partial charge on any atom is -0.206 e. The van der Waals surface area contributed by atoms with Crippen LogP contribution in [0.2, 0.25) is 0 Å². The molecule has 4 heteroatoms. The minimum atomic E-state index is -0.195. The van der Waals surface area contributed by atoms with E-state index in [2.05, 4.69) is 22.0 Å². The lowest BCUT2D eigenvalue weighted by Crippen LogP contribution is -1.85. The molecule has 1 aromatic carbocycles. The van der Waals surface area contributed by atoms with Crippen molar-refractivity contribution >= 4 is 39.0 Å². The maximum Gasteiger partial charge on any atom is 0.137 e. The summed E-state index contributed by atoms with van der Waals surface area (Å²) in [5.74, 6) is 0.595. The van der Waals surface area contributed by atoms with Gasteiger partial charge >= 0.3 is 0 Å². The average Bonchev–Trinajstić information content (AvgIpc) is 2.73. The molecule has 1 aromatic heterocycles. The summed E-state index contributed by atoms with van der Waals surface area (Å²) >= 11 is 6.69. The summed E-state index contributed by atoms with van der Waals surface area (Å²) in [6, 6.07) is 9.23. The van der Waals surface area contributed by atoms with Crippen LogP contribution in [0.4, 0.5) is 4.39 Å². The molecule has 15 heavy (non-hydrogen) atoms. The van der Waals surface area contributed by atoms with E-state index in [1.807, 2.05) is 17.5 Å². The zero-order valence-corrected chi connectivity index (χ0v) is 11.0. The number of rotatable bonds is 3. The summed E-state index contributed by atoms with van der Waals surface area (Å²) in [5, 5.41) is 2.04. The third-order valence-electron chi connectivity index (χ3n) is 1.90. The Labute approximate surface area is 105 Å². The van der Waals surface area contributed by atoms with Gasteiger partial charge in [-0.05, 0) is 39.0 Å². The largest absolute Gasteiger partial charge is 0.206 e. The van der Waals surface area contributed by atoms with Crippen LogP contribution in [0.15, 0.2) is 44.4 Å². The van der Waals surface area contributed by atoms with Gasteiger partial charge in [0.1, 0.15) is 5.82 Å². The van der Waals surface area contributed by atoms with Crippen LogP contribution < -0.4 is 0 Å². The first kappa shape index (κ1) is 11.2. The van der Waals surface area contributed by atoms with Crippen molar-refractivity contribution < 1.29 is 4.39 Å². The summed E-state index contributed by atoms with van der Waals surface area (Å²) in [6.07, 6.45) is 0. The van der Waals surface area contributed by atoms with Crippen molar-refractivity contribution in [2.45, 2.75) is 9.96 Å². The molecular formula is C11H8BrFS2. The lowest BCUT2D eigenvalue weighted by Gasteiger charge is -2.03. The Morgan fingerprint density at radius 3 is 2.87 bits per heavy atom. The minimum absolute atomic E-state index is 0.195. The maximum atomic E-state index is 13.2. The molecule has 0 fully saturated rings. The van der Waals surface area contributed by atoms with Gasteiger partial charge in [-0.1, -0.05) is 18.2 Å². The number of thioether (sulfide) groups is 1. The fourth-order valence-electron chi connectivity index (χ4n) is 1.15. The molecule has 0 atom stereocenters. The van der Waals surface area contributed by atoms with Crippen LogP contribution in [0.5, 0.6) is 0 Å². The van der Waals surface area contributed by atoms with E-state index in [0.29, 0.717) is 4.47 Å². The van der Waals surface area contributed by atoms with Crippen molar-refractivity contribution in [3.05, 3.63) is 51.6 Å². The first-order chi connectivity index (χ1) is 7.27. The van der Waals surface area contributed by atoms with Crippen LogP contribution in [0.1, 0.15) is 5.56 Å². The lowest BCUT2D eigenvalue weighted by atomic mass is 10.2. The fourth-order valence-corrected chi connectivity index (χ4v) is 3.52. The van der Waals surface area contributed by atoms with Crippen molar-refractivity contribution in [1.29, 1.82) is 0 Å². The van der Waals surface area contributed by atoms with E-state index >= 15 is 0 Å². The lowest BCUT2D eigenvalue weighted by molar-refractivity contribution is 0.619. The zero-order chi connectivity index (χ0) is 10.7. The Morgan fingerprint density at radius 2 is 2.13 bits per heavy atom. The Bertz CT molecular complexity index is 440. The summed E-state index contributed by atoms with van der Waals surface area (Å²) in [6.45, 7) is 0. The van der Waals surface area contributed by atoms with Crippen LogP contribution in [0.3, 0.4) is 0 Å². The standard InChI is InChI=1S/C11H8BrFS2/c12-11-8(3-1-4-9(11)13)7-15-10-5-2-6-14-10/h1-6H,7H2. The van der Waals surface area contributed by atoms with E-state index in [1.165, 1.54) is 10.3 Å². The highest BCUT2D eigenvalue weighted by Gasteiger charge is 2.05. The number of benzene rings is 1. The molecule has 0 spiro atoms. The van der Waals surface area contributed by atoms with E-state index in [9.17, 15) is 4.39 Å². The van der Waals surface area contributed by atoms with Crippen molar-refractivity contribution in [3.8, 4) is 0 Å². The summed E-state index contributed by atoms with van der Waals surface area (Å²) in [4.78, 5) is 0. The van der Waals surface area contributed by atoms with Gasteiger partial charge in [0.15, 0.2) is 0 Å². The normalized spacial score (nSPS) is 10.5. The third-order valence-corrected chi connectivity index (χ3v) is 4.96. The highest BCUT2D eigenvalue weighted by molar-refractivity contribution is 9.10. The second-order valence-corrected chi connectivity index (χ2v) is 5.95. The second kappa shape index (κ2) is 5.14. The van der Waals surface area contributed by atoms with Crippen LogP contribution in [0.25, 0.3) is 0 Å². The van der Waals surface area contributed by atoms with E-state index < -0.39 is 0 Å². The Balaban J connectivity index is 2.08. The summed E-state index contributed by atoms with van der Waals surface area (Å²) in [7, 11) is 0. The van der Waals surface area contributed by atoms with Gasteiger partial charge in [0.05, 0.1) is 8.68 Å². The van der Waals surface area contributed by atoms with Crippen molar-refractivity contribution in [2.75, 3.05) is 0 Å². The molecule has 0 unspecified atom stereocenters. The maximum absolute atomic E-state index is 13.2. The Kier molecular flexibility index (Phi) is 3.83. The molecule has 0 nitrogen and oxygen atoms in total. The molecule has 2 aromatic rings. The van der Waals surface area contributed by atoms with E-state index in [4.69, 9.17) is 0 Å². The molecule has 0 saturated heterocycles. The van der Waals surface area contributed by atoms with E-state index in [0.717, 1.165) is 11.3 Å². The predicted octanol–water partition coefficient (Wildman–Crippen LogP) is 4.94. The first-order valence-electron chi connectivity index (χ1n) is 4.36. The van der Waals surface area contributed by atoms with E-state index in [1.54, 1.807) is 29.2 Å². The van der Waals surface area contributed by atoms with Gasteiger partial charge in [-0.2, -0.15) is 0 Å². The smallest absolute Gasteiger partial charge is 0.137 e. The summed E-state index contributed by atoms with van der Waals surface area (Å²) in [5.41, 5.74) is 0.994. The number of hydrogen-bond acceptors (Lipinski definition) is 2. The number of halogens is 2. The average molecular weight is 303 g/mol. The van der Waals surface area contributed by atoms with Crippen LogP contribution in [-0.2, 0) is 5.75 Å². The molecule has 0 bridgehead atoms. The molecule has 0 saturated carbocycles. The SMILES string of the molecule is Fc1cccc(CSc2cccs2)c1Br. The molecule has 1 heterocycles. The van der Waals surface area contributed by atoms with Crippen molar-refractivity contribution in [1.82, 2.24) is 0 Å². The van der Waals surface area contributed by atoms with E-state index in [-0.39, 0.29) is 5.82 Å². The van der Waals surface area contributed by atoms with Gasteiger partial charge in [-0.3, -0.25) is 0 Å². The summed E-state index contributed by atoms with van der Waals surface area (Å²) < 4.78 is 15.0. The van der Waals surface area contributed by atoms with Crippen molar-refractivity contribution in [2.24, 2.45) is 0 Å². The van der Waals surface area contributed by atoms with Gasteiger partial charge in [0, 0.05) is 5.75 Å². The first-order valence-corrected chi connectivity index (χ1v) is 7.02. The van der Waals surface area contributed by atoms with Gasteiger partial charge < -0.3 is 0 Å². The quantitative estimate of drug-likeness (QED) is 0.724. The zero-order valence-electron chi connectivity index (χ0n) is 7.74. The molecule has 0 N–H and O–H groups in total. The van der Waals surface area contributed by atoms with Gasteiger partial charge in [0.25, 0.3) is 0 Å². The van der Waals surface area contributed by atoms with Crippen molar-refractivity contribution in [3.63, 3.8) is 0 Å². The molecule has 0 aliphatic rings. The van der Waals surface area contributed by atoms with Crippen LogP contribution in [-0.4, -0.2) is 0 Å². The molecule has 0 aliphatic carbocycles. The number of hydrogen-bond donors (Lipinski definition) is 0. The van der Waals surface area contributed by atoms with Crippen LogP contribution >= 0.6 is 39.0 Å². The predicted molar refractivity (Wildman–Crippen MR) is 68.0 cm³/mol. The van der Waals surface area contributed by atoms with Gasteiger partial charge in [0.2, 0.25) is 0 Å². The fraction of sp³-hybridized carbons (Fsp3) is 0.0909. The van der Waals surface area contributed by atoms with Gasteiger partial charge in [-0.25, -0.2) is 4.39 Å². The molecule has 2 rings (SSSR count). The van der Waals surface area contributed by atoms with Gasteiger partial charge in [-0.15, -0.1) is 23.1 Å². The third kappa shape index (κ3) is 2.83. The highest BCUT2D eigenvalue weighted by Crippen LogP contribution is 2.30. The topological polar surface area (TPSA) is 0 Å². The molecule has 78 valence electrons. The number of thiophene rings is 1. The van der Waals surface area contributed by atoms with Crippen LogP contribution in [0, 0.1) is 5.82 Å². The Morgan fingerprint density at radius 1 is 1.27 bits per heavy atom. The highest BCUT2D eigenvalue weighted by atomic mass is 79.9. The molecule has 0 radical (unpaired) electrons. The molecule has 0 aliphatic heterocycles. The molecular weight excluding hydrogens is 295 g/mol. The Hall–Kier alpha value is -0.320. The second-order valence-electron chi connectivity index (χ2n) is 2.93. The molecule has 0 amide bonds.